The minimum atomic E-state index is -0.924. The fourth-order valence-corrected chi connectivity index (χ4v) is 3.77. The first kappa shape index (κ1) is 24.3. The molecule has 0 saturated carbocycles. The Morgan fingerprint density at radius 3 is 2.67 bits per heavy atom. The molecule has 4 rings (SSSR count). The lowest BCUT2D eigenvalue weighted by Crippen LogP contribution is -2.42. The van der Waals surface area contributed by atoms with E-state index in [4.69, 9.17) is 14.6 Å². The lowest BCUT2D eigenvalue weighted by atomic mass is 10.2. The smallest absolute Gasteiger partial charge is 0.420 e. The average molecular weight is 498 g/mol. The number of nitro groups is 1. The standard InChI is InChI=1S/C22H22N6O8/c1-2-3-8-25-19(23)18(20(30)24-21(25)31)27(11-14-5-4-9-35-14)17(29)12-26-15-7-6-13(28(33)34)10-16(15)36-22(26)32/h4-7,9-10H,2-3,8,11-12,23H2,1H3,(H,24,30,31). The molecule has 0 saturated heterocycles. The van der Waals surface area contributed by atoms with Crippen molar-refractivity contribution in [3.05, 3.63) is 83.9 Å². The van der Waals surface area contributed by atoms with E-state index in [1.54, 1.807) is 12.1 Å². The van der Waals surface area contributed by atoms with E-state index in [-0.39, 0.29) is 41.4 Å². The maximum Gasteiger partial charge on any atom is 0.420 e. The zero-order valence-electron chi connectivity index (χ0n) is 19.1. The molecule has 0 atom stereocenters. The number of hydrogen-bond acceptors (Lipinski definition) is 9. The number of carbonyl (C=O) groups is 1. The number of rotatable bonds is 9. The number of nitro benzene ring substituents is 1. The second kappa shape index (κ2) is 9.77. The molecule has 0 aliphatic carbocycles. The third-order valence-electron chi connectivity index (χ3n) is 5.57. The first-order valence-corrected chi connectivity index (χ1v) is 10.9. The van der Waals surface area contributed by atoms with Crippen LogP contribution in [0.5, 0.6) is 0 Å². The van der Waals surface area contributed by atoms with Crippen LogP contribution >= 0.6 is 0 Å². The first-order valence-electron chi connectivity index (χ1n) is 10.9. The van der Waals surface area contributed by atoms with Gasteiger partial charge in [-0.05, 0) is 24.6 Å². The predicted molar refractivity (Wildman–Crippen MR) is 128 cm³/mol. The van der Waals surface area contributed by atoms with Crippen molar-refractivity contribution in [3.63, 3.8) is 0 Å². The Morgan fingerprint density at radius 2 is 2.00 bits per heavy atom. The molecule has 1 aromatic carbocycles. The number of benzene rings is 1. The number of amides is 1. The van der Waals surface area contributed by atoms with Gasteiger partial charge in [0.1, 0.15) is 18.1 Å². The third-order valence-corrected chi connectivity index (χ3v) is 5.57. The number of H-pyrrole nitrogens is 1. The molecule has 3 aromatic heterocycles. The van der Waals surface area contributed by atoms with Gasteiger partial charge in [0.25, 0.3) is 11.2 Å². The Balaban J connectivity index is 1.79. The number of furan rings is 1. The predicted octanol–water partition coefficient (Wildman–Crippen LogP) is 1.56. The number of fused-ring (bicyclic) bond motifs is 1. The van der Waals surface area contributed by atoms with Crippen LogP contribution < -0.4 is 27.6 Å². The Morgan fingerprint density at radius 1 is 1.22 bits per heavy atom. The summed E-state index contributed by atoms with van der Waals surface area (Å²) >= 11 is 0. The monoisotopic (exact) mass is 498 g/mol. The summed E-state index contributed by atoms with van der Waals surface area (Å²) in [5.41, 5.74) is 4.11. The number of hydrogen-bond donors (Lipinski definition) is 2. The van der Waals surface area contributed by atoms with Crippen molar-refractivity contribution >= 4 is 34.2 Å². The number of oxazole rings is 1. The molecule has 188 valence electrons. The van der Waals surface area contributed by atoms with Gasteiger partial charge in [-0.3, -0.25) is 38.7 Å². The molecular formula is C22H22N6O8. The summed E-state index contributed by atoms with van der Waals surface area (Å²) < 4.78 is 12.6. The van der Waals surface area contributed by atoms with Gasteiger partial charge in [-0.15, -0.1) is 0 Å². The number of anilines is 2. The molecule has 3 N–H and O–H groups in total. The van der Waals surface area contributed by atoms with Crippen LogP contribution in [0.2, 0.25) is 0 Å². The number of aromatic nitrogens is 3. The van der Waals surface area contributed by atoms with Gasteiger partial charge in [0.05, 0.1) is 29.3 Å². The summed E-state index contributed by atoms with van der Waals surface area (Å²) in [5.74, 6) is -1.57. The summed E-state index contributed by atoms with van der Waals surface area (Å²) in [6.45, 7) is 1.33. The number of nitrogens with two attached hydrogens (primary N) is 1. The summed E-state index contributed by atoms with van der Waals surface area (Å²) in [6, 6.07) is 6.70. The van der Waals surface area contributed by atoms with Crippen molar-refractivity contribution in [1.82, 2.24) is 14.1 Å². The molecule has 1 amide bonds. The van der Waals surface area contributed by atoms with E-state index < -0.39 is 34.4 Å². The molecule has 0 radical (unpaired) electrons. The van der Waals surface area contributed by atoms with Gasteiger partial charge in [0, 0.05) is 12.6 Å². The molecule has 0 bridgehead atoms. The van der Waals surface area contributed by atoms with E-state index in [2.05, 4.69) is 4.98 Å². The maximum absolute atomic E-state index is 13.5. The topological polar surface area (TPSA) is 193 Å². The second-order valence-electron chi connectivity index (χ2n) is 7.92. The lowest BCUT2D eigenvalue weighted by molar-refractivity contribution is -0.384. The zero-order chi connectivity index (χ0) is 26.0. The van der Waals surface area contributed by atoms with Crippen LogP contribution in [-0.4, -0.2) is 24.9 Å². The number of aromatic amines is 1. The van der Waals surface area contributed by atoms with Crippen LogP contribution in [0.4, 0.5) is 17.2 Å². The Labute approximate surface area is 201 Å². The number of non-ortho nitro benzene ring substituents is 1. The summed E-state index contributed by atoms with van der Waals surface area (Å²) in [7, 11) is 0. The van der Waals surface area contributed by atoms with Crippen molar-refractivity contribution in [2.24, 2.45) is 0 Å². The molecule has 0 aliphatic heterocycles. The quantitative estimate of drug-likeness (QED) is 0.254. The highest BCUT2D eigenvalue weighted by Gasteiger charge is 2.27. The van der Waals surface area contributed by atoms with Crippen molar-refractivity contribution in [2.45, 2.75) is 39.4 Å². The third kappa shape index (κ3) is 4.55. The SMILES string of the molecule is CCCCn1c(N)c(N(Cc2ccco2)C(=O)Cn2c(=O)oc3cc([N+](=O)[O-])ccc32)c(=O)[nH]c1=O. The maximum atomic E-state index is 13.5. The highest BCUT2D eigenvalue weighted by atomic mass is 16.6. The van der Waals surface area contributed by atoms with Gasteiger partial charge < -0.3 is 14.6 Å². The fraction of sp³-hybridized carbons (Fsp3) is 0.273. The van der Waals surface area contributed by atoms with Crippen molar-refractivity contribution in [1.29, 1.82) is 0 Å². The van der Waals surface area contributed by atoms with Crippen LogP contribution in [0.1, 0.15) is 25.5 Å². The van der Waals surface area contributed by atoms with Gasteiger partial charge in [-0.2, -0.15) is 0 Å². The van der Waals surface area contributed by atoms with Crippen LogP contribution in [0.25, 0.3) is 11.1 Å². The van der Waals surface area contributed by atoms with Gasteiger partial charge >= 0.3 is 11.4 Å². The van der Waals surface area contributed by atoms with Crippen molar-refractivity contribution in [3.8, 4) is 0 Å². The van der Waals surface area contributed by atoms with Gasteiger partial charge in [0.15, 0.2) is 11.3 Å². The van der Waals surface area contributed by atoms with E-state index in [0.29, 0.717) is 12.2 Å². The normalized spacial score (nSPS) is 11.1. The van der Waals surface area contributed by atoms with E-state index in [0.717, 1.165) is 22.0 Å². The number of carbonyl (C=O) groups excluding carboxylic acids is 1. The van der Waals surface area contributed by atoms with Gasteiger partial charge in [-0.25, -0.2) is 9.59 Å². The molecule has 0 aliphatic rings. The largest absolute Gasteiger partial charge is 0.467 e. The molecule has 3 heterocycles. The molecule has 0 spiro atoms. The minimum absolute atomic E-state index is 0.0786. The molecule has 14 nitrogen and oxygen atoms in total. The summed E-state index contributed by atoms with van der Waals surface area (Å²) in [4.78, 5) is 64.7. The minimum Gasteiger partial charge on any atom is -0.467 e. The fourth-order valence-electron chi connectivity index (χ4n) is 3.77. The molecule has 0 fully saturated rings. The molecule has 0 unspecified atom stereocenters. The lowest BCUT2D eigenvalue weighted by Gasteiger charge is -2.24. The highest BCUT2D eigenvalue weighted by molar-refractivity contribution is 5.96. The molecule has 14 heteroatoms. The van der Waals surface area contributed by atoms with Crippen molar-refractivity contribution < 1.29 is 18.6 Å². The average Bonchev–Trinajstić information content (AvgIpc) is 3.45. The molecule has 4 aromatic rings. The molecular weight excluding hydrogens is 476 g/mol. The van der Waals surface area contributed by atoms with Gasteiger partial charge in [0.2, 0.25) is 5.91 Å². The number of nitrogens with one attached hydrogen (secondary N) is 1. The number of unbranched alkanes of at least 4 members (excludes halogenated alkanes) is 1. The van der Waals surface area contributed by atoms with E-state index in [9.17, 15) is 29.3 Å². The van der Waals surface area contributed by atoms with E-state index in [1.807, 2.05) is 6.92 Å². The molecule has 36 heavy (non-hydrogen) atoms. The Bertz CT molecular complexity index is 1610. The van der Waals surface area contributed by atoms with E-state index in [1.165, 1.54) is 23.0 Å². The Kier molecular flexibility index (Phi) is 6.58. The van der Waals surface area contributed by atoms with Crippen LogP contribution in [0, 0.1) is 10.1 Å². The first-order chi connectivity index (χ1) is 17.2. The zero-order valence-corrected chi connectivity index (χ0v) is 19.1. The van der Waals surface area contributed by atoms with Crippen LogP contribution in [0.15, 0.2) is 59.8 Å². The van der Waals surface area contributed by atoms with Crippen molar-refractivity contribution in [2.75, 3.05) is 10.6 Å². The Hall–Kier alpha value is -4.88. The summed E-state index contributed by atoms with van der Waals surface area (Å²) in [6.07, 6.45) is 2.74. The van der Waals surface area contributed by atoms with E-state index >= 15 is 0 Å². The number of nitrogens with zero attached hydrogens (tertiary/aromatic N) is 4. The second-order valence-corrected chi connectivity index (χ2v) is 7.92. The van der Waals surface area contributed by atoms with Crippen LogP contribution in [-0.2, 0) is 24.4 Å². The van der Waals surface area contributed by atoms with Crippen LogP contribution in [0.3, 0.4) is 0 Å². The highest BCUT2D eigenvalue weighted by Crippen LogP contribution is 2.23. The van der Waals surface area contributed by atoms with Gasteiger partial charge in [-0.1, -0.05) is 13.3 Å². The summed E-state index contributed by atoms with van der Waals surface area (Å²) in [5, 5.41) is 11.0. The number of nitrogen functional groups attached to an aromatic ring is 1.